The molecule has 0 aromatic heterocycles. The number of hydrogen-bond acceptors (Lipinski definition) is 3. The third kappa shape index (κ3) is 3.47. The predicted octanol–water partition coefficient (Wildman–Crippen LogP) is 2.17. The Morgan fingerprint density at radius 2 is 1.86 bits per heavy atom. The zero-order chi connectivity index (χ0) is 15.0. The van der Waals surface area contributed by atoms with Crippen molar-refractivity contribution >= 4 is 10.0 Å². The van der Waals surface area contributed by atoms with Crippen LogP contribution in [-0.4, -0.2) is 15.0 Å². The van der Waals surface area contributed by atoms with E-state index in [1.54, 1.807) is 12.1 Å². The highest BCUT2D eigenvalue weighted by molar-refractivity contribution is 7.89. The second kappa shape index (κ2) is 5.71. The van der Waals surface area contributed by atoms with Crippen molar-refractivity contribution < 1.29 is 8.42 Å². The Morgan fingerprint density at radius 3 is 2.38 bits per heavy atom. The maximum Gasteiger partial charge on any atom is 0.240 e. The van der Waals surface area contributed by atoms with Gasteiger partial charge in [-0.25, -0.2) is 13.1 Å². The molecule has 2 saturated carbocycles. The van der Waals surface area contributed by atoms with Crippen LogP contribution in [0.25, 0.3) is 0 Å². The van der Waals surface area contributed by atoms with E-state index in [0.717, 1.165) is 23.0 Å². The van der Waals surface area contributed by atoms with E-state index in [2.05, 4.69) is 4.72 Å². The molecular formula is C16H24N2O2S. The van der Waals surface area contributed by atoms with E-state index in [4.69, 9.17) is 5.73 Å². The molecule has 0 bridgehead atoms. The first-order valence-corrected chi connectivity index (χ1v) is 9.29. The Hall–Kier alpha value is -0.910. The summed E-state index contributed by atoms with van der Waals surface area (Å²) in [6.07, 6.45) is 5.07. The number of sulfonamides is 1. The van der Waals surface area contributed by atoms with Crippen molar-refractivity contribution in [2.45, 2.75) is 44.0 Å². The van der Waals surface area contributed by atoms with Crippen molar-refractivity contribution in [1.29, 1.82) is 0 Å². The summed E-state index contributed by atoms with van der Waals surface area (Å²) in [5, 5.41) is 0. The first-order chi connectivity index (χ1) is 10.0. The molecule has 116 valence electrons. The van der Waals surface area contributed by atoms with Crippen LogP contribution in [0.4, 0.5) is 0 Å². The zero-order valence-electron chi connectivity index (χ0n) is 12.5. The standard InChI is InChI=1S/C16H24N2O2S/c1-11-2-7-15(8-14(11)9-17)21(19,20)18-10-16(12-3-4-12)13-5-6-13/h2,7-8,12-13,16,18H,3-6,9-10,17H2,1H3. The molecule has 1 aromatic rings. The average molecular weight is 308 g/mol. The monoisotopic (exact) mass is 308 g/mol. The van der Waals surface area contributed by atoms with E-state index >= 15 is 0 Å². The van der Waals surface area contributed by atoms with E-state index in [1.807, 2.05) is 13.0 Å². The number of aryl methyl sites for hydroxylation is 1. The SMILES string of the molecule is Cc1ccc(S(=O)(=O)NCC(C2CC2)C2CC2)cc1CN. The topological polar surface area (TPSA) is 72.2 Å². The lowest BCUT2D eigenvalue weighted by Gasteiger charge is -2.17. The molecular weight excluding hydrogens is 284 g/mol. The zero-order valence-corrected chi connectivity index (χ0v) is 13.3. The molecule has 0 atom stereocenters. The van der Waals surface area contributed by atoms with Gasteiger partial charge in [0.1, 0.15) is 0 Å². The lowest BCUT2D eigenvalue weighted by molar-refractivity contribution is 0.401. The predicted molar refractivity (Wildman–Crippen MR) is 83.2 cm³/mol. The third-order valence-electron chi connectivity index (χ3n) is 4.81. The van der Waals surface area contributed by atoms with Gasteiger partial charge in [0, 0.05) is 13.1 Å². The fourth-order valence-electron chi connectivity index (χ4n) is 3.09. The van der Waals surface area contributed by atoms with Gasteiger partial charge in [-0.15, -0.1) is 0 Å². The summed E-state index contributed by atoms with van der Waals surface area (Å²) in [4.78, 5) is 0.332. The second-order valence-corrected chi connectivity index (χ2v) is 8.25. The minimum Gasteiger partial charge on any atom is -0.326 e. The van der Waals surface area contributed by atoms with Gasteiger partial charge in [-0.05, 0) is 73.6 Å². The summed E-state index contributed by atoms with van der Waals surface area (Å²) in [6, 6.07) is 5.19. The molecule has 2 aliphatic rings. The maximum atomic E-state index is 12.5. The molecule has 0 heterocycles. The fourth-order valence-corrected chi connectivity index (χ4v) is 4.21. The third-order valence-corrected chi connectivity index (χ3v) is 6.24. The Balaban J connectivity index is 1.70. The molecule has 3 rings (SSSR count). The molecule has 21 heavy (non-hydrogen) atoms. The first-order valence-electron chi connectivity index (χ1n) is 7.80. The fraction of sp³-hybridized carbons (Fsp3) is 0.625. The van der Waals surface area contributed by atoms with Crippen molar-refractivity contribution in [1.82, 2.24) is 4.72 Å². The summed E-state index contributed by atoms with van der Waals surface area (Å²) in [6.45, 7) is 2.90. The van der Waals surface area contributed by atoms with E-state index in [1.165, 1.54) is 25.7 Å². The van der Waals surface area contributed by atoms with Crippen LogP contribution in [0.15, 0.2) is 23.1 Å². The Morgan fingerprint density at radius 1 is 1.24 bits per heavy atom. The number of nitrogens with one attached hydrogen (secondary N) is 1. The molecule has 0 unspecified atom stereocenters. The highest BCUT2D eigenvalue weighted by Crippen LogP contribution is 2.48. The summed E-state index contributed by atoms with van der Waals surface area (Å²) < 4.78 is 27.7. The molecule has 1 aromatic carbocycles. The van der Waals surface area contributed by atoms with Gasteiger partial charge < -0.3 is 5.73 Å². The Kier molecular flexibility index (Phi) is 4.08. The van der Waals surface area contributed by atoms with Crippen LogP contribution in [-0.2, 0) is 16.6 Å². The summed E-state index contributed by atoms with van der Waals surface area (Å²) >= 11 is 0. The van der Waals surface area contributed by atoms with Crippen molar-refractivity contribution in [3.8, 4) is 0 Å². The molecule has 2 aliphatic carbocycles. The van der Waals surface area contributed by atoms with Crippen LogP contribution >= 0.6 is 0 Å². The first kappa shape index (κ1) is 15.0. The molecule has 0 radical (unpaired) electrons. The quantitative estimate of drug-likeness (QED) is 0.811. The van der Waals surface area contributed by atoms with Gasteiger partial charge in [-0.2, -0.15) is 0 Å². The molecule has 4 nitrogen and oxygen atoms in total. The molecule has 0 spiro atoms. The Bertz CT molecular complexity index is 607. The average Bonchev–Trinajstić information content (AvgIpc) is 3.33. The van der Waals surface area contributed by atoms with E-state index < -0.39 is 10.0 Å². The normalized spacial score (nSPS) is 19.2. The molecule has 2 fully saturated rings. The smallest absolute Gasteiger partial charge is 0.240 e. The van der Waals surface area contributed by atoms with Crippen molar-refractivity contribution in [3.05, 3.63) is 29.3 Å². The number of hydrogen-bond donors (Lipinski definition) is 2. The van der Waals surface area contributed by atoms with Gasteiger partial charge in [-0.1, -0.05) is 6.07 Å². The van der Waals surface area contributed by atoms with Gasteiger partial charge in [0.15, 0.2) is 0 Å². The summed E-state index contributed by atoms with van der Waals surface area (Å²) in [5.41, 5.74) is 7.59. The van der Waals surface area contributed by atoms with Crippen LogP contribution in [0.3, 0.4) is 0 Å². The lowest BCUT2D eigenvalue weighted by atomic mass is 9.99. The number of benzene rings is 1. The van der Waals surface area contributed by atoms with E-state index in [-0.39, 0.29) is 0 Å². The largest absolute Gasteiger partial charge is 0.326 e. The number of rotatable bonds is 7. The Labute approximate surface area is 127 Å². The lowest BCUT2D eigenvalue weighted by Crippen LogP contribution is -2.31. The van der Waals surface area contributed by atoms with E-state index in [0.29, 0.717) is 23.9 Å². The molecule has 3 N–H and O–H groups in total. The van der Waals surface area contributed by atoms with Crippen LogP contribution in [0.5, 0.6) is 0 Å². The number of nitrogens with two attached hydrogens (primary N) is 1. The maximum absolute atomic E-state index is 12.5. The van der Waals surface area contributed by atoms with Gasteiger partial charge >= 0.3 is 0 Å². The summed E-state index contributed by atoms with van der Waals surface area (Å²) in [5.74, 6) is 2.04. The highest BCUT2D eigenvalue weighted by atomic mass is 32.2. The van der Waals surface area contributed by atoms with Gasteiger partial charge in [-0.3, -0.25) is 0 Å². The van der Waals surface area contributed by atoms with Gasteiger partial charge in [0.25, 0.3) is 0 Å². The highest BCUT2D eigenvalue weighted by Gasteiger charge is 2.41. The van der Waals surface area contributed by atoms with Crippen molar-refractivity contribution in [2.75, 3.05) is 6.54 Å². The minimum absolute atomic E-state index is 0.332. The molecule has 0 amide bonds. The molecule has 0 aliphatic heterocycles. The van der Waals surface area contributed by atoms with Crippen LogP contribution in [0, 0.1) is 24.7 Å². The van der Waals surface area contributed by atoms with Gasteiger partial charge in [0.2, 0.25) is 10.0 Å². The van der Waals surface area contributed by atoms with E-state index in [9.17, 15) is 8.42 Å². The van der Waals surface area contributed by atoms with Crippen LogP contribution in [0.1, 0.15) is 36.8 Å². The van der Waals surface area contributed by atoms with Gasteiger partial charge in [0.05, 0.1) is 4.90 Å². The molecule has 0 saturated heterocycles. The minimum atomic E-state index is -3.42. The summed E-state index contributed by atoms with van der Waals surface area (Å²) in [7, 11) is -3.42. The van der Waals surface area contributed by atoms with Crippen molar-refractivity contribution in [2.24, 2.45) is 23.5 Å². The van der Waals surface area contributed by atoms with Crippen LogP contribution < -0.4 is 10.5 Å². The van der Waals surface area contributed by atoms with Crippen LogP contribution in [0.2, 0.25) is 0 Å². The molecule has 5 heteroatoms. The van der Waals surface area contributed by atoms with Crippen molar-refractivity contribution in [3.63, 3.8) is 0 Å². The second-order valence-electron chi connectivity index (χ2n) is 6.48.